The second kappa shape index (κ2) is 7.99. The SMILES string of the molecule is CC1CCC(NC(=O)CN(C)CC2CCCCN2)CC1. The Bertz CT molecular complexity index is 294. The number of hydrogen-bond acceptors (Lipinski definition) is 3. The van der Waals surface area contributed by atoms with Gasteiger partial charge in [-0.15, -0.1) is 0 Å². The van der Waals surface area contributed by atoms with E-state index in [2.05, 4.69) is 29.5 Å². The quantitative estimate of drug-likeness (QED) is 0.807. The van der Waals surface area contributed by atoms with E-state index in [1.165, 1.54) is 32.1 Å². The molecule has 1 amide bonds. The van der Waals surface area contributed by atoms with Gasteiger partial charge in [-0.05, 0) is 58.0 Å². The minimum absolute atomic E-state index is 0.197. The molecule has 0 aromatic carbocycles. The molecule has 0 radical (unpaired) electrons. The van der Waals surface area contributed by atoms with Gasteiger partial charge in [-0.1, -0.05) is 13.3 Å². The van der Waals surface area contributed by atoms with Gasteiger partial charge in [0.25, 0.3) is 0 Å². The van der Waals surface area contributed by atoms with Crippen molar-refractivity contribution in [2.45, 2.75) is 64.0 Å². The number of carbonyl (C=O) groups excluding carboxylic acids is 1. The molecule has 0 aromatic rings. The number of likely N-dealkylation sites (N-methyl/N-ethyl adjacent to an activating group) is 1. The highest BCUT2D eigenvalue weighted by atomic mass is 16.2. The fourth-order valence-electron chi connectivity index (χ4n) is 3.44. The monoisotopic (exact) mass is 281 g/mol. The number of amides is 1. The highest BCUT2D eigenvalue weighted by molar-refractivity contribution is 5.78. The van der Waals surface area contributed by atoms with Crippen LogP contribution in [0.15, 0.2) is 0 Å². The molecule has 1 aliphatic carbocycles. The van der Waals surface area contributed by atoms with Gasteiger partial charge in [-0.2, -0.15) is 0 Å². The molecule has 2 aliphatic rings. The van der Waals surface area contributed by atoms with Crippen LogP contribution in [0.3, 0.4) is 0 Å². The summed E-state index contributed by atoms with van der Waals surface area (Å²) in [5.74, 6) is 1.03. The van der Waals surface area contributed by atoms with Gasteiger partial charge in [0.15, 0.2) is 0 Å². The average molecular weight is 281 g/mol. The van der Waals surface area contributed by atoms with Crippen molar-refractivity contribution in [2.75, 3.05) is 26.7 Å². The van der Waals surface area contributed by atoms with Gasteiger partial charge in [-0.3, -0.25) is 9.69 Å². The van der Waals surface area contributed by atoms with Crippen LogP contribution >= 0.6 is 0 Å². The zero-order valence-corrected chi connectivity index (χ0v) is 13.2. The Labute approximate surface area is 123 Å². The molecule has 4 nitrogen and oxygen atoms in total. The standard InChI is InChI=1S/C16H31N3O/c1-13-6-8-14(9-7-13)18-16(20)12-19(2)11-15-5-3-4-10-17-15/h13-15,17H,3-12H2,1-2H3,(H,18,20). The lowest BCUT2D eigenvalue weighted by molar-refractivity contribution is -0.123. The Morgan fingerprint density at radius 3 is 2.60 bits per heavy atom. The van der Waals surface area contributed by atoms with Crippen LogP contribution in [-0.4, -0.2) is 49.6 Å². The van der Waals surface area contributed by atoms with Crippen LogP contribution in [0.1, 0.15) is 51.9 Å². The van der Waals surface area contributed by atoms with Gasteiger partial charge in [0.05, 0.1) is 6.54 Å². The Hall–Kier alpha value is -0.610. The van der Waals surface area contributed by atoms with E-state index < -0.39 is 0 Å². The molecule has 4 heteroatoms. The molecule has 1 heterocycles. The largest absolute Gasteiger partial charge is 0.352 e. The second-order valence-corrected chi connectivity index (χ2v) is 6.87. The topological polar surface area (TPSA) is 44.4 Å². The molecule has 0 bridgehead atoms. The maximum atomic E-state index is 12.1. The van der Waals surface area contributed by atoms with Crippen molar-refractivity contribution in [3.63, 3.8) is 0 Å². The minimum Gasteiger partial charge on any atom is -0.352 e. The Kier molecular flexibility index (Phi) is 6.30. The van der Waals surface area contributed by atoms with Gasteiger partial charge >= 0.3 is 0 Å². The molecule has 1 unspecified atom stereocenters. The lowest BCUT2D eigenvalue weighted by atomic mass is 9.87. The Morgan fingerprint density at radius 2 is 1.95 bits per heavy atom. The first-order chi connectivity index (χ1) is 9.63. The number of nitrogens with zero attached hydrogens (tertiary/aromatic N) is 1. The summed E-state index contributed by atoms with van der Waals surface area (Å²) < 4.78 is 0. The number of piperidine rings is 1. The van der Waals surface area contributed by atoms with Gasteiger partial charge in [0, 0.05) is 18.6 Å². The van der Waals surface area contributed by atoms with Crippen molar-refractivity contribution in [1.29, 1.82) is 0 Å². The molecule has 1 saturated heterocycles. The van der Waals surface area contributed by atoms with E-state index in [1.54, 1.807) is 0 Å². The van der Waals surface area contributed by atoms with E-state index in [1.807, 2.05) is 0 Å². The molecular formula is C16H31N3O. The van der Waals surface area contributed by atoms with Crippen molar-refractivity contribution in [3.05, 3.63) is 0 Å². The molecule has 116 valence electrons. The predicted molar refractivity (Wildman–Crippen MR) is 82.7 cm³/mol. The van der Waals surface area contributed by atoms with E-state index in [4.69, 9.17) is 0 Å². The van der Waals surface area contributed by atoms with Crippen molar-refractivity contribution >= 4 is 5.91 Å². The number of carbonyl (C=O) groups is 1. The third-order valence-electron chi connectivity index (χ3n) is 4.74. The number of rotatable bonds is 5. The molecule has 1 saturated carbocycles. The fraction of sp³-hybridized carbons (Fsp3) is 0.938. The summed E-state index contributed by atoms with van der Waals surface area (Å²) in [7, 11) is 2.05. The minimum atomic E-state index is 0.197. The molecule has 2 rings (SSSR count). The Balaban J connectivity index is 1.63. The molecule has 1 aliphatic heterocycles. The maximum absolute atomic E-state index is 12.1. The summed E-state index contributed by atoms with van der Waals surface area (Å²) >= 11 is 0. The van der Waals surface area contributed by atoms with E-state index >= 15 is 0 Å². The molecule has 2 N–H and O–H groups in total. The van der Waals surface area contributed by atoms with E-state index in [0.29, 0.717) is 18.6 Å². The van der Waals surface area contributed by atoms with Crippen molar-refractivity contribution in [1.82, 2.24) is 15.5 Å². The third-order valence-corrected chi connectivity index (χ3v) is 4.74. The average Bonchev–Trinajstić information content (AvgIpc) is 2.42. The van der Waals surface area contributed by atoms with Crippen molar-refractivity contribution < 1.29 is 4.79 Å². The van der Waals surface area contributed by atoms with Crippen molar-refractivity contribution in [2.24, 2.45) is 5.92 Å². The normalized spacial score (nSPS) is 31.2. The number of hydrogen-bond donors (Lipinski definition) is 2. The first-order valence-electron chi connectivity index (χ1n) is 8.35. The summed E-state index contributed by atoms with van der Waals surface area (Å²) in [6.45, 7) is 4.95. The number of nitrogens with one attached hydrogen (secondary N) is 2. The molecule has 0 aromatic heterocycles. The highest BCUT2D eigenvalue weighted by Crippen LogP contribution is 2.23. The van der Waals surface area contributed by atoms with E-state index in [0.717, 1.165) is 31.8 Å². The zero-order valence-electron chi connectivity index (χ0n) is 13.2. The smallest absolute Gasteiger partial charge is 0.234 e. The summed E-state index contributed by atoms with van der Waals surface area (Å²) in [5.41, 5.74) is 0. The molecule has 0 spiro atoms. The molecule has 2 fully saturated rings. The Morgan fingerprint density at radius 1 is 1.20 bits per heavy atom. The van der Waals surface area contributed by atoms with Crippen LogP contribution in [0, 0.1) is 5.92 Å². The van der Waals surface area contributed by atoms with Crippen LogP contribution in [0.4, 0.5) is 0 Å². The third kappa shape index (κ3) is 5.41. The van der Waals surface area contributed by atoms with Gasteiger partial charge in [-0.25, -0.2) is 0 Å². The predicted octanol–water partition coefficient (Wildman–Crippen LogP) is 1.76. The van der Waals surface area contributed by atoms with E-state index in [9.17, 15) is 4.79 Å². The summed E-state index contributed by atoms with van der Waals surface area (Å²) in [6.07, 6.45) is 8.67. The zero-order chi connectivity index (χ0) is 14.4. The lowest BCUT2D eigenvalue weighted by Gasteiger charge is -2.29. The molecule has 1 atom stereocenters. The van der Waals surface area contributed by atoms with Gasteiger partial charge in [0.1, 0.15) is 0 Å². The van der Waals surface area contributed by atoms with E-state index in [-0.39, 0.29) is 5.91 Å². The van der Waals surface area contributed by atoms with Crippen LogP contribution < -0.4 is 10.6 Å². The van der Waals surface area contributed by atoms with Gasteiger partial charge in [0.2, 0.25) is 5.91 Å². The maximum Gasteiger partial charge on any atom is 0.234 e. The molecular weight excluding hydrogens is 250 g/mol. The second-order valence-electron chi connectivity index (χ2n) is 6.87. The molecule has 20 heavy (non-hydrogen) atoms. The van der Waals surface area contributed by atoms with Crippen LogP contribution in [0.2, 0.25) is 0 Å². The van der Waals surface area contributed by atoms with Crippen molar-refractivity contribution in [3.8, 4) is 0 Å². The van der Waals surface area contributed by atoms with Crippen LogP contribution in [0.5, 0.6) is 0 Å². The summed E-state index contributed by atoms with van der Waals surface area (Å²) in [5, 5.41) is 6.74. The van der Waals surface area contributed by atoms with Gasteiger partial charge < -0.3 is 10.6 Å². The highest BCUT2D eigenvalue weighted by Gasteiger charge is 2.21. The first kappa shape index (κ1) is 15.8. The van der Waals surface area contributed by atoms with Crippen LogP contribution in [-0.2, 0) is 4.79 Å². The summed E-state index contributed by atoms with van der Waals surface area (Å²) in [6, 6.07) is 0.983. The summed E-state index contributed by atoms with van der Waals surface area (Å²) in [4.78, 5) is 14.2. The first-order valence-corrected chi connectivity index (χ1v) is 8.35. The fourth-order valence-corrected chi connectivity index (χ4v) is 3.44. The lowest BCUT2D eigenvalue weighted by Crippen LogP contribution is -2.47. The van der Waals surface area contributed by atoms with Crippen LogP contribution in [0.25, 0.3) is 0 Å².